The van der Waals surface area contributed by atoms with Crippen molar-refractivity contribution in [2.75, 3.05) is 16.8 Å². The van der Waals surface area contributed by atoms with Crippen LogP contribution in [0.4, 0.5) is 11.4 Å². The molecular formula is C26H24N2O4. The van der Waals surface area contributed by atoms with Gasteiger partial charge in [0.05, 0.1) is 16.8 Å². The van der Waals surface area contributed by atoms with Gasteiger partial charge in [0, 0.05) is 5.69 Å². The maximum atomic E-state index is 12.7. The number of ether oxygens (including phenoxy) is 1. The second-order valence-corrected chi connectivity index (χ2v) is 8.65. The third-order valence-electron chi connectivity index (χ3n) is 5.27. The maximum Gasteiger partial charge on any atom is 0.266 e. The van der Waals surface area contributed by atoms with Crippen LogP contribution in [0.15, 0.2) is 72.8 Å². The van der Waals surface area contributed by atoms with E-state index in [4.69, 9.17) is 4.74 Å². The average Bonchev–Trinajstić information content (AvgIpc) is 3.02. The number of carbonyl (C=O) groups excluding carboxylic acids is 3. The Balaban J connectivity index is 1.41. The molecule has 0 atom stereocenters. The van der Waals surface area contributed by atoms with Crippen molar-refractivity contribution in [3.8, 4) is 5.75 Å². The number of benzene rings is 3. The first-order valence-corrected chi connectivity index (χ1v) is 10.3. The first kappa shape index (κ1) is 21.3. The molecule has 0 saturated heterocycles. The van der Waals surface area contributed by atoms with Crippen LogP contribution in [0.1, 0.15) is 47.1 Å². The predicted molar refractivity (Wildman–Crippen MR) is 123 cm³/mol. The van der Waals surface area contributed by atoms with Crippen LogP contribution in [0.25, 0.3) is 0 Å². The van der Waals surface area contributed by atoms with Crippen molar-refractivity contribution in [3.05, 3.63) is 89.5 Å². The first-order chi connectivity index (χ1) is 15.2. The Morgan fingerprint density at radius 3 is 2.09 bits per heavy atom. The Kier molecular flexibility index (Phi) is 5.53. The van der Waals surface area contributed by atoms with Crippen molar-refractivity contribution in [2.24, 2.45) is 0 Å². The minimum absolute atomic E-state index is 0.0421. The molecule has 3 aromatic carbocycles. The molecule has 0 radical (unpaired) electrons. The summed E-state index contributed by atoms with van der Waals surface area (Å²) in [5, 5.41) is 2.75. The van der Waals surface area contributed by atoms with Crippen molar-refractivity contribution in [1.82, 2.24) is 0 Å². The molecule has 0 aromatic heterocycles. The van der Waals surface area contributed by atoms with Gasteiger partial charge in [-0.15, -0.1) is 0 Å². The van der Waals surface area contributed by atoms with Crippen molar-refractivity contribution < 1.29 is 19.1 Å². The van der Waals surface area contributed by atoms with E-state index in [2.05, 4.69) is 26.1 Å². The van der Waals surface area contributed by atoms with Crippen LogP contribution in [0.5, 0.6) is 5.75 Å². The number of hydrogen-bond donors (Lipinski definition) is 1. The van der Waals surface area contributed by atoms with Crippen LogP contribution in [0.2, 0.25) is 0 Å². The number of fused-ring (bicyclic) bond motifs is 1. The Bertz CT molecular complexity index is 1160. The molecule has 0 saturated carbocycles. The summed E-state index contributed by atoms with van der Waals surface area (Å²) in [4.78, 5) is 38.9. The standard InChI is InChI=1S/C26H24N2O4/c1-26(2,3)17-11-13-20(14-12-17)32-16-23(29)27-18-7-6-8-19(15-18)28-24(30)21-9-4-5-10-22(21)25(28)31/h4-15H,16H2,1-3H3,(H,27,29). The van der Waals surface area contributed by atoms with E-state index >= 15 is 0 Å². The number of carbonyl (C=O) groups is 3. The van der Waals surface area contributed by atoms with Crippen LogP contribution >= 0.6 is 0 Å². The van der Waals surface area contributed by atoms with Gasteiger partial charge >= 0.3 is 0 Å². The number of imide groups is 1. The van der Waals surface area contributed by atoms with E-state index in [-0.39, 0.29) is 29.7 Å². The molecule has 0 fully saturated rings. The predicted octanol–water partition coefficient (Wildman–Crippen LogP) is 4.80. The van der Waals surface area contributed by atoms with E-state index in [0.29, 0.717) is 28.3 Å². The van der Waals surface area contributed by atoms with Crippen LogP contribution in [0.3, 0.4) is 0 Å². The maximum absolute atomic E-state index is 12.7. The summed E-state index contributed by atoms with van der Waals surface area (Å²) >= 11 is 0. The van der Waals surface area contributed by atoms with Gasteiger partial charge in [-0.25, -0.2) is 4.90 Å². The van der Waals surface area contributed by atoms with Gasteiger partial charge in [-0.2, -0.15) is 0 Å². The highest BCUT2D eigenvalue weighted by molar-refractivity contribution is 6.34. The van der Waals surface area contributed by atoms with E-state index in [1.165, 1.54) is 5.56 Å². The number of nitrogens with one attached hydrogen (secondary N) is 1. The summed E-state index contributed by atoms with van der Waals surface area (Å²) in [6.07, 6.45) is 0. The Morgan fingerprint density at radius 2 is 1.50 bits per heavy atom. The summed E-state index contributed by atoms with van der Waals surface area (Å²) in [5.41, 5.74) is 2.83. The molecule has 0 aliphatic carbocycles. The smallest absolute Gasteiger partial charge is 0.266 e. The molecule has 1 heterocycles. The van der Waals surface area contributed by atoms with E-state index in [1.807, 2.05) is 24.3 Å². The normalized spacial score (nSPS) is 13.2. The fourth-order valence-corrected chi connectivity index (χ4v) is 3.54. The van der Waals surface area contributed by atoms with Gasteiger partial charge in [0.15, 0.2) is 6.61 Å². The average molecular weight is 428 g/mol. The molecule has 1 aliphatic heterocycles. The van der Waals surface area contributed by atoms with Gasteiger partial charge in [-0.05, 0) is 53.4 Å². The van der Waals surface area contributed by atoms with Crippen LogP contribution in [-0.2, 0) is 10.2 Å². The lowest BCUT2D eigenvalue weighted by Crippen LogP contribution is -2.29. The Morgan fingerprint density at radius 1 is 0.875 bits per heavy atom. The molecule has 4 rings (SSSR count). The summed E-state index contributed by atoms with van der Waals surface area (Å²) in [7, 11) is 0. The van der Waals surface area contributed by atoms with Crippen molar-refractivity contribution in [2.45, 2.75) is 26.2 Å². The second kappa shape index (κ2) is 8.30. The molecule has 0 bridgehead atoms. The molecule has 1 N–H and O–H groups in total. The number of hydrogen-bond acceptors (Lipinski definition) is 4. The molecule has 0 spiro atoms. The molecule has 6 heteroatoms. The molecular weight excluding hydrogens is 404 g/mol. The summed E-state index contributed by atoms with van der Waals surface area (Å²) in [6, 6.07) is 21.0. The number of amides is 3. The van der Waals surface area contributed by atoms with Crippen LogP contribution < -0.4 is 15.0 Å². The highest BCUT2D eigenvalue weighted by atomic mass is 16.5. The van der Waals surface area contributed by atoms with Crippen molar-refractivity contribution in [3.63, 3.8) is 0 Å². The summed E-state index contributed by atoms with van der Waals surface area (Å²) in [5.74, 6) is -0.496. The van der Waals surface area contributed by atoms with Crippen LogP contribution in [-0.4, -0.2) is 24.3 Å². The molecule has 3 aromatic rings. The third-order valence-corrected chi connectivity index (χ3v) is 5.27. The summed E-state index contributed by atoms with van der Waals surface area (Å²) < 4.78 is 5.58. The Hall–Kier alpha value is -3.93. The lowest BCUT2D eigenvalue weighted by Gasteiger charge is -2.19. The number of nitrogens with zero attached hydrogens (tertiary/aromatic N) is 1. The van der Waals surface area contributed by atoms with Gasteiger partial charge in [-0.3, -0.25) is 14.4 Å². The van der Waals surface area contributed by atoms with Crippen LogP contribution in [0, 0.1) is 0 Å². The zero-order valence-electron chi connectivity index (χ0n) is 18.2. The third kappa shape index (κ3) is 4.25. The lowest BCUT2D eigenvalue weighted by atomic mass is 9.87. The molecule has 3 amide bonds. The zero-order valence-corrected chi connectivity index (χ0v) is 18.2. The number of anilines is 2. The second-order valence-electron chi connectivity index (χ2n) is 8.65. The fraction of sp³-hybridized carbons (Fsp3) is 0.192. The molecule has 6 nitrogen and oxygen atoms in total. The lowest BCUT2D eigenvalue weighted by molar-refractivity contribution is -0.118. The van der Waals surface area contributed by atoms with Gasteiger partial charge in [0.25, 0.3) is 17.7 Å². The van der Waals surface area contributed by atoms with Crippen molar-refractivity contribution in [1.29, 1.82) is 0 Å². The molecule has 162 valence electrons. The molecule has 32 heavy (non-hydrogen) atoms. The topological polar surface area (TPSA) is 75.7 Å². The van der Waals surface area contributed by atoms with Gasteiger partial charge < -0.3 is 10.1 Å². The van der Waals surface area contributed by atoms with Gasteiger partial charge in [-0.1, -0.05) is 51.1 Å². The van der Waals surface area contributed by atoms with E-state index in [1.54, 1.807) is 48.5 Å². The Labute approximate surface area is 186 Å². The minimum Gasteiger partial charge on any atom is -0.484 e. The largest absolute Gasteiger partial charge is 0.484 e. The highest BCUT2D eigenvalue weighted by Crippen LogP contribution is 2.30. The van der Waals surface area contributed by atoms with Crippen molar-refractivity contribution >= 4 is 29.1 Å². The monoisotopic (exact) mass is 428 g/mol. The minimum atomic E-state index is -0.379. The van der Waals surface area contributed by atoms with Gasteiger partial charge in [0.2, 0.25) is 0 Å². The fourth-order valence-electron chi connectivity index (χ4n) is 3.54. The van der Waals surface area contributed by atoms with E-state index in [9.17, 15) is 14.4 Å². The summed E-state index contributed by atoms with van der Waals surface area (Å²) in [6.45, 7) is 6.23. The highest BCUT2D eigenvalue weighted by Gasteiger charge is 2.36. The van der Waals surface area contributed by atoms with Gasteiger partial charge in [0.1, 0.15) is 5.75 Å². The molecule has 1 aliphatic rings. The SMILES string of the molecule is CC(C)(C)c1ccc(OCC(=O)Nc2cccc(N3C(=O)c4ccccc4C3=O)c2)cc1. The zero-order chi connectivity index (χ0) is 22.9. The van der Waals surface area contributed by atoms with E-state index in [0.717, 1.165) is 4.90 Å². The molecule has 0 unspecified atom stereocenters. The first-order valence-electron chi connectivity index (χ1n) is 10.3. The number of rotatable bonds is 5. The van der Waals surface area contributed by atoms with E-state index < -0.39 is 0 Å². The quantitative estimate of drug-likeness (QED) is 0.592.